The molecule has 1 aromatic carbocycles. The van der Waals surface area contributed by atoms with Crippen LogP contribution < -0.4 is 4.74 Å². The molecule has 0 saturated heterocycles. The van der Waals surface area contributed by atoms with Gasteiger partial charge in [0.1, 0.15) is 5.75 Å². The highest BCUT2D eigenvalue weighted by Crippen LogP contribution is 2.35. The monoisotopic (exact) mass is 302 g/mol. The molecule has 1 aliphatic heterocycles. The van der Waals surface area contributed by atoms with E-state index in [2.05, 4.69) is 19.9 Å². The summed E-state index contributed by atoms with van der Waals surface area (Å²) in [6, 6.07) is 8.16. The Labute approximate surface area is 135 Å². The van der Waals surface area contributed by atoms with Gasteiger partial charge in [0, 0.05) is 12.0 Å². The molecule has 0 spiro atoms. The van der Waals surface area contributed by atoms with Crippen LogP contribution in [-0.2, 0) is 0 Å². The Morgan fingerprint density at radius 2 is 1.86 bits per heavy atom. The Bertz CT molecular complexity index is 490. The highest BCUT2D eigenvalue weighted by molar-refractivity contribution is 5.74. The van der Waals surface area contributed by atoms with Gasteiger partial charge in [0.25, 0.3) is 0 Å². The molecular formula is C20H30O2. The summed E-state index contributed by atoms with van der Waals surface area (Å²) in [6.07, 6.45) is 9.07. The highest BCUT2D eigenvalue weighted by atomic mass is 16.5. The van der Waals surface area contributed by atoms with Crippen LogP contribution in [0.4, 0.5) is 0 Å². The summed E-state index contributed by atoms with van der Waals surface area (Å²) in [7, 11) is 0. The zero-order valence-electron chi connectivity index (χ0n) is 14.1. The first-order valence-corrected chi connectivity index (χ1v) is 8.84. The van der Waals surface area contributed by atoms with E-state index in [1.54, 1.807) is 0 Å². The van der Waals surface area contributed by atoms with Crippen LogP contribution in [0.3, 0.4) is 0 Å². The number of aliphatic hydroxyl groups excluding tert-OH is 1. The first-order valence-electron chi connectivity index (χ1n) is 8.84. The maximum Gasteiger partial charge on any atom is 0.126 e. The minimum atomic E-state index is -0.313. The second-order valence-electron chi connectivity index (χ2n) is 6.33. The molecule has 1 unspecified atom stereocenters. The van der Waals surface area contributed by atoms with E-state index in [4.69, 9.17) is 4.74 Å². The summed E-state index contributed by atoms with van der Waals surface area (Å²) in [5, 5.41) is 10.5. The molecule has 2 rings (SSSR count). The highest BCUT2D eigenvalue weighted by Gasteiger charge is 2.19. The van der Waals surface area contributed by atoms with Gasteiger partial charge in [-0.15, -0.1) is 0 Å². The predicted molar refractivity (Wildman–Crippen MR) is 93.1 cm³/mol. The molecule has 0 aliphatic carbocycles. The fourth-order valence-corrected chi connectivity index (χ4v) is 3.18. The van der Waals surface area contributed by atoms with Gasteiger partial charge in [-0.1, -0.05) is 63.6 Å². The molecule has 2 heteroatoms. The van der Waals surface area contributed by atoms with Gasteiger partial charge in [0.2, 0.25) is 0 Å². The Morgan fingerprint density at radius 3 is 2.68 bits per heavy atom. The van der Waals surface area contributed by atoms with E-state index in [1.807, 2.05) is 18.2 Å². The van der Waals surface area contributed by atoms with Crippen LogP contribution in [0.15, 0.2) is 29.8 Å². The van der Waals surface area contributed by atoms with E-state index in [0.29, 0.717) is 6.61 Å². The van der Waals surface area contributed by atoms with Gasteiger partial charge in [-0.2, -0.15) is 0 Å². The van der Waals surface area contributed by atoms with Gasteiger partial charge in [-0.25, -0.2) is 0 Å². The molecule has 1 aliphatic rings. The van der Waals surface area contributed by atoms with Crippen LogP contribution in [0.1, 0.15) is 70.8 Å². The molecule has 2 nitrogen and oxygen atoms in total. The van der Waals surface area contributed by atoms with Gasteiger partial charge in [0.15, 0.2) is 0 Å². The van der Waals surface area contributed by atoms with Crippen molar-refractivity contribution in [3.63, 3.8) is 0 Å². The molecule has 0 saturated carbocycles. The SMILES string of the molecule is CCCCCCCCC(O)/C(C)=C1/CCOc2ccccc21. The molecule has 0 radical (unpaired) electrons. The molecule has 22 heavy (non-hydrogen) atoms. The van der Waals surface area contributed by atoms with Gasteiger partial charge < -0.3 is 9.84 Å². The lowest BCUT2D eigenvalue weighted by molar-refractivity contribution is 0.195. The topological polar surface area (TPSA) is 29.5 Å². The van der Waals surface area contributed by atoms with Crippen molar-refractivity contribution < 1.29 is 9.84 Å². The minimum absolute atomic E-state index is 0.313. The number of fused-ring (bicyclic) bond motifs is 1. The second-order valence-corrected chi connectivity index (χ2v) is 6.33. The third-order valence-electron chi connectivity index (χ3n) is 4.63. The Hall–Kier alpha value is -1.28. The predicted octanol–water partition coefficient (Wildman–Crippen LogP) is 5.35. The van der Waals surface area contributed by atoms with Crippen molar-refractivity contribution in [2.45, 2.75) is 71.3 Å². The number of para-hydroxylation sites is 1. The van der Waals surface area contributed by atoms with Crippen molar-refractivity contribution in [1.82, 2.24) is 0 Å². The average Bonchev–Trinajstić information content (AvgIpc) is 2.56. The smallest absolute Gasteiger partial charge is 0.126 e. The maximum absolute atomic E-state index is 10.5. The molecule has 1 N–H and O–H groups in total. The van der Waals surface area contributed by atoms with Gasteiger partial charge in [0.05, 0.1) is 12.7 Å². The summed E-state index contributed by atoms with van der Waals surface area (Å²) in [4.78, 5) is 0. The van der Waals surface area contributed by atoms with Crippen LogP contribution in [0.5, 0.6) is 5.75 Å². The molecule has 0 fully saturated rings. The normalized spacial score (nSPS) is 17.6. The lowest BCUT2D eigenvalue weighted by atomic mass is 9.91. The standard InChI is InChI=1S/C20H30O2/c1-3-4-5-6-7-8-12-19(21)16(2)17-14-15-22-20-13-10-9-11-18(17)20/h9-11,13,19,21H,3-8,12,14-15H2,1-2H3/b17-16-. The molecule has 122 valence electrons. The number of rotatable bonds is 8. The number of unbranched alkanes of at least 4 members (excludes halogenated alkanes) is 5. The lowest BCUT2D eigenvalue weighted by Crippen LogP contribution is -2.15. The summed E-state index contributed by atoms with van der Waals surface area (Å²) >= 11 is 0. The zero-order valence-corrected chi connectivity index (χ0v) is 14.1. The quantitative estimate of drug-likeness (QED) is 0.655. The Kier molecular flexibility index (Phi) is 6.98. The average molecular weight is 302 g/mol. The van der Waals surface area contributed by atoms with Crippen molar-refractivity contribution in [2.75, 3.05) is 6.61 Å². The Balaban J connectivity index is 1.91. The molecule has 1 atom stereocenters. The van der Waals surface area contributed by atoms with Crippen LogP contribution in [0, 0.1) is 0 Å². The van der Waals surface area contributed by atoms with Gasteiger partial charge in [-0.3, -0.25) is 0 Å². The van der Waals surface area contributed by atoms with E-state index in [0.717, 1.165) is 36.1 Å². The fraction of sp³-hybridized carbons (Fsp3) is 0.600. The molecule has 0 aromatic heterocycles. The summed E-state index contributed by atoms with van der Waals surface area (Å²) in [5.74, 6) is 0.954. The molecule has 1 aromatic rings. The van der Waals surface area contributed by atoms with Crippen LogP contribution in [0.2, 0.25) is 0 Å². The third kappa shape index (κ3) is 4.61. The molecular weight excluding hydrogens is 272 g/mol. The van der Waals surface area contributed by atoms with Gasteiger partial charge in [-0.05, 0) is 30.6 Å². The minimum Gasteiger partial charge on any atom is -0.493 e. The van der Waals surface area contributed by atoms with E-state index in [9.17, 15) is 5.11 Å². The maximum atomic E-state index is 10.5. The first-order chi connectivity index (χ1) is 10.7. The van der Waals surface area contributed by atoms with E-state index >= 15 is 0 Å². The van der Waals surface area contributed by atoms with Crippen molar-refractivity contribution in [3.05, 3.63) is 35.4 Å². The van der Waals surface area contributed by atoms with Gasteiger partial charge >= 0.3 is 0 Å². The Morgan fingerprint density at radius 1 is 1.14 bits per heavy atom. The zero-order chi connectivity index (χ0) is 15.8. The van der Waals surface area contributed by atoms with Crippen LogP contribution in [-0.4, -0.2) is 17.8 Å². The largest absolute Gasteiger partial charge is 0.493 e. The van der Waals surface area contributed by atoms with E-state index in [-0.39, 0.29) is 6.10 Å². The molecule has 1 heterocycles. The van der Waals surface area contributed by atoms with E-state index in [1.165, 1.54) is 37.7 Å². The molecule has 0 amide bonds. The number of benzene rings is 1. The second kappa shape index (κ2) is 8.99. The van der Waals surface area contributed by atoms with Crippen molar-refractivity contribution in [1.29, 1.82) is 0 Å². The van der Waals surface area contributed by atoms with E-state index < -0.39 is 0 Å². The van der Waals surface area contributed by atoms with Crippen molar-refractivity contribution in [2.24, 2.45) is 0 Å². The van der Waals surface area contributed by atoms with Crippen molar-refractivity contribution in [3.8, 4) is 5.75 Å². The number of ether oxygens (including phenoxy) is 1. The number of aliphatic hydroxyl groups is 1. The first kappa shape index (κ1) is 17.1. The number of hydrogen-bond donors (Lipinski definition) is 1. The summed E-state index contributed by atoms with van der Waals surface area (Å²) in [6.45, 7) is 5.04. The third-order valence-corrected chi connectivity index (χ3v) is 4.63. The molecule has 0 bridgehead atoms. The summed E-state index contributed by atoms with van der Waals surface area (Å²) in [5.41, 5.74) is 3.57. The summed E-state index contributed by atoms with van der Waals surface area (Å²) < 4.78 is 5.70. The van der Waals surface area contributed by atoms with Crippen LogP contribution >= 0.6 is 0 Å². The number of hydrogen-bond acceptors (Lipinski definition) is 2. The van der Waals surface area contributed by atoms with Crippen LogP contribution in [0.25, 0.3) is 5.57 Å². The van der Waals surface area contributed by atoms with Crippen molar-refractivity contribution >= 4 is 5.57 Å². The fourth-order valence-electron chi connectivity index (χ4n) is 3.18. The lowest BCUT2D eigenvalue weighted by Gasteiger charge is -2.24.